The van der Waals surface area contributed by atoms with Crippen molar-refractivity contribution in [2.75, 3.05) is 66.3 Å². The molecule has 0 saturated carbocycles. The van der Waals surface area contributed by atoms with Crippen LogP contribution in [0.4, 0.5) is 11.8 Å². The van der Waals surface area contributed by atoms with Gasteiger partial charge < -0.3 is 39.8 Å². The number of halogens is 4. The number of hydrogen-bond acceptors (Lipinski definition) is 15. The maximum atomic E-state index is 11.9. The van der Waals surface area contributed by atoms with Crippen LogP contribution in [0.25, 0.3) is 78.3 Å². The number of carbonyl (C=O) groups is 2. The Balaban J connectivity index is 0.000000185. The lowest BCUT2D eigenvalue weighted by molar-refractivity contribution is -0.127. The Morgan fingerprint density at radius 1 is 0.683 bits per heavy atom. The van der Waals surface area contributed by atoms with Gasteiger partial charge in [0.25, 0.3) is 0 Å². The largest absolute Gasteiger partial charge is 0.495 e. The zero-order valence-corrected chi connectivity index (χ0v) is 48.4. The number of amides is 2. The van der Waals surface area contributed by atoms with Gasteiger partial charge >= 0.3 is 0 Å². The van der Waals surface area contributed by atoms with E-state index in [0.29, 0.717) is 143 Å². The summed E-state index contributed by atoms with van der Waals surface area (Å²) in [7, 11) is 9.71. The van der Waals surface area contributed by atoms with Crippen molar-refractivity contribution in [3.05, 3.63) is 137 Å². The number of nitrogens with one attached hydrogen (secondary N) is 3. The van der Waals surface area contributed by atoms with Crippen LogP contribution in [0.1, 0.15) is 18.4 Å². The number of imidazole rings is 2. The van der Waals surface area contributed by atoms with E-state index in [1.54, 1.807) is 37.9 Å². The number of piperidine rings is 1. The first-order valence-electron chi connectivity index (χ1n) is 25.6. The summed E-state index contributed by atoms with van der Waals surface area (Å²) in [6.45, 7) is 9.57. The molecule has 1 aliphatic heterocycles. The van der Waals surface area contributed by atoms with Crippen molar-refractivity contribution >= 4 is 103 Å². The Hall–Kier alpha value is -8.69. The molecule has 1 saturated heterocycles. The third-order valence-corrected chi connectivity index (χ3v) is 15.5. The number of aromatic nitrogens is 10. The number of nitrogens with zero attached hydrogens (tertiary/aromatic N) is 11. The highest BCUT2D eigenvalue weighted by atomic mass is 35.5. The van der Waals surface area contributed by atoms with Gasteiger partial charge in [-0.2, -0.15) is 4.98 Å². The highest BCUT2D eigenvalue weighted by molar-refractivity contribution is 6.42. The van der Waals surface area contributed by atoms with E-state index < -0.39 is 0 Å². The topological polar surface area (TPSA) is 214 Å². The lowest BCUT2D eigenvalue weighted by Gasteiger charge is -2.31. The van der Waals surface area contributed by atoms with Crippen molar-refractivity contribution in [1.29, 1.82) is 0 Å². The number of carbonyl (C=O) groups excluding carboxylic acids is 2. The quantitative estimate of drug-likeness (QED) is 0.0767. The maximum absolute atomic E-state index is 11.9. The minimum Gasteiger partial charge on any atom is -0.495 e. The number of pyridine rings is 3. The van der Waals surface area contributed by atoms with E-state index >= 15 is 0 Å². The Labute approximate surface area is 490 Å². The molecule has 8 heterocycles. The molecular formula is C58H54Cl4N14O6. The van der Waals surface area contributed by atoms with Crippen LogP contribution in [0.2, 0.25) is 20.1 Å². The van der Waals surface area contributed by atoms with Gasteiger partial charge in [0.15, 0.2) is 5.65 Å². The van der Waals surface area contributed by atoms with Crippen molar-refractivity contribution < 1.29 is 28.5 Å². The number of hydrogen-bond donors (Lipinski definition) is 3. The fraction of sp³-hybridized carbons (Fsp3) is 0.224. The molecule has 0 spiro atoms. The maximum Gasteiger partial charge on any atom is 0.245 e. The molecule has 24 heteroatoms. The van der Waals surface area contributed by atoms with Gasteiger partial charge in [0.2, 0.25) is 23.6 Å². The van der Waals surface area contributed by atoms with Crippen LogP contribution in [0.3, 0.4) is 0 Å². The third-order valence-electron chi connectivity index (χ3n) is 14.0. The fourth-order valence-corrected chi connectivity index (χ4v) is 11.2. The second-order valence-electron chi connectivity index (χ2n) is 18.8. The third kappa shape index (κ3) is 11.0. The lowest BCUT2D eigenvalue weighted by Crippen LogP contribution is -2.38. The Morgan fingerprint density at radius 3 is 1.88 bits per heavy atom. The van der Waals surface area contributed by atoms with E-state index in [4.69, 9.17) is 80.4 Å². The predicted molar refractivity (Wildman–Crippen MR) is 321 cm³/mol. The molecule has 3 N–H and O–H groups in total. The Kier molecular flexibility index (Phi) is 16.7. The number of anilines is 2. The SMILES string of the molecule is C=CC(=O)N1CCC(Cn2cnc(-c3cn4c(n3)c(-c3c(Cl)c(OC)cc(OC)c3Cl)cc3cnc(NC)cc34)n2)CC1.C=CC(=O)NCc1cccc(-c2cn3c(n2)c(-c2c(Cl)c(OC)cc(OC)c2Cl)cc2cnc(NC)nc23)c1. The van der Waals surface area contributed by atoms with Crippen LogP contribution >= 0.6 is 46.4 Å². The molecule has 10 aromatic rings. The first-order valence-corrected chi connectivity index (χ1v) is 27.1. The molecule has 0 unspecified atom stereocenters. The van der Waals surface area contributed by atoms with Crippen LogP contribution in [-0.2, 0) is 22.7 Å². The molecule has 7 aromatic heterocycles. The molecule has 0 atom stereocenters. The lowest BCUT2D eigenvalue weighted by atomic mass is 9.97. The van der Waals surface area contributed by atoms with Gasteiger partial charge in [-0.3, -0.25) is 23.1 Å². The fourth-order valence-electron chi connectivity index (χ4n) is 9.83. The monoisotopic (exact) mass is 1180 g/mol. The van der Waals surface area contributed by atoms with Gasteiger partial charge in [0, 0.05) is 122 Å². The first kappa shape index (κ1) is 56.6. The molecule has 1 fully saturated rings. The molecule has 0 aliphatic carbocycles. The molecule has 0 radical (unpaired) electrons. The number of fused-ring (bicyclic) bond motifs is 6. The summed E-state index contributed by atoms with van der Waals surface area (Å²) in [5.74, 6) is 3.45. The van der Waals surface area contributed by atoms with Crippen molar-refractivity contribution in [3.63, 3.8) is 0 Å². The predicted octanol–water partition coefficient (Wildman–Crippen LogP) is 11.4. The molecule has 1 aliphatic rings. The van der Waals surface area contributed by atoms with Gasteiger partial charge in [-0.15, -0.1) is 5.10 Å². The summed E-state index contributed by atoms with van der Waals surface area (Å²) >= 11 is 27.3. The molecule has 2 amide bonds. The summed E-state index contributed by atoms with van der Waals surface area (Å²) < 4.78 is 27.8. The number of methoxy groups -OCH3 is 4. The van der Waals surface area contributed by atoms with Crippen LogP contribution in [-0.4, -0.2) is 121 Å². The minimum atomic E-state index is -0.244. The summed E-state index contributed by atoms with van der Waals surface area (Å²) in [5, 5.41) is 16.5. The van der Waals surface area contributed by atoms with Crippen molar-refractivity contribution in [2.24, 2.45) is 5.92 Å². The second-order valence-corrected chi connectivity index (χ2v) is 20.3. The molecule has 3 aromatic carbocycles. The molecule has 420 valence electrons. The molecule has 82 heavy (non-hydrogen) atoms. The smallest absolute Gasteiger partial charge is 0.245 e. The van der Waals surface area contributed by atoms with Gasteiger partial charge in [0.05, 0.1) is 59.7 Å². The number of benzene rings is 3. The number of likely N-dealkylation sites (tertiary alicyclic amines) is 1. The van der Waals surface area contributed by atoms with Crippen LogP contribution in [0.15, 0.2) is 111 Å². The highest BCUT2D eigenvalue weighted by Crippen LogP contribution is 2.49. The summed E-state index contributed by atoms with van der Waals surface area (Å²) in [5.41, 5.74) is 8.09. The molecular weight excluding hydrogens is 1130 g/mol. The zero-order valence-electron chi connectivity index (χ0n) is 45.4. The van der Waals surface area contributed by atoms with Crippen molar-refractivity contribution in [2.45, 2.75) is 25.9 Å². The standard InChI is InChI=1S/C30H30Cl2N8O3.C28H24Cl2N6O3/c1-5-25(41)38-8-6-17(7-9-38)14-39-16-35-29(37-39)20-15-40-21-11-24(33-2)34-13-18(21)10-19(30(40)36-20)26-27(31)22(42-3)12-23(43-4)28(26)32;1-5-22(37)32-12-15-7-6-8-16(9-15)19-14-36-26-17(13-33-28(31-2)35-26)10-18(27(36)34-19)23-24(29)20(38-3)11-21(39-4)25(23)30/h5,10-13,15-17H,1,6-9,14H2,2-4H3,(H,33,34);5-11,13-14H,1,12H2,2-4H3,(H,32,37)(H,31,33,35). The molecule has 20 nitrogen and oxygen atoms in total. The number of rotatable bonds is 16. The van der Waals surface area contributed by atoms with Crippen molar-refractivity contribution in [3.8, 4) is 68.0 Å². The minimum absolute atomic E-state index is 0.0205. The highest BCUT2D eigenvalue weighted by Gasteiger charge is 2.27. The summed E-state index contributed by atoms with van der Waals surface area (Å²) in [6.07, 6.45) is 13.4. The average molecular weight is 1180 g/mol. The van der Waals surface area contributed by atoms with Crippen molar-refractivity contribution in [1.82, 2.24) is 58.7 Å². The van der Waals surface area contributed by atoms with E-state index in [1.165, 1.54) is 40.6 Å². The van der Waals surface area contributed by atoms with Gasteiger partial charge in [-0.1, -0.05) is 77.8 Å². The van der Waals surface area contributed by atoms with E-state index in [1.807, 2.05) is 80.3 Å². The number of ether oxygens (including phenoxy) is 4. The normalized spacial score (nSPS) is 12.5. The van der Waals surface area contributed by atoms with E-state index in [2.05, 4.69) is 49.0 Å². The van der Waals surface area contributed by atoms with Crippen LogP contribution in [0.5, 0.6) is 23.0 Å². The van der Waals surface area contributed by atoms with Gasteiger partial charge in [-0.25, -0.2) is 24.9 Å². The Morgan fingerprint density at radius 2 is 1.28 bits per heavy atom. The summed E-state index contributed by atoms with van der Waals surface area (Å²) in [6, 6.07) is 16.9. The molecule has 0 bridgehead atoms. The van der Waals surface area contributed by atoms with Crippen LogP contribution in [0, 0.1) is 5.92 Å². The molecule has 11 rings (SSSR count). The van der Waals surface area contributed by atoms with Crippen LogP contribution < -0.4 is 34.9 Å². The summed E-state index contributed by atoms with van der Waals surface area (Å²) in [4.78, 5) is 53.6. The average Bonchev–Trinajstić information content (AvgIpc) is 2.24. The Bertz CT molecular complexity index is 4080. The van der Waals surface area contributed by atoms with E-state index in [-0.39, 0.29) is 11.8 Å². The first-order chi connectivity index (χ1) is 39.7. The second kappa shape index (κ2) is 24.2. The van der Waals surface area contributed by atoms with Gasteiger partial charge in [0.1, 0.15) is 52.1 Å². The van der Waals surface area contributed by atoms with E-state index in [9.17, 15) is 9.59 Å². The van der Waals surface area contributed by atoms with E-state index in [0.717, 1.165) is 40.3 Å². The zero-order chi connectivity index (χ0) is 57.9. The van der Waals surface area contributed by atoms with Gasteiger partial charge in [-0.05, 0) is 54.7 Å².